The molecule has 0 aliphatic rings. The summed E-state index contributed by atoms with van der Waals surface area (Å²) in [5.41, 5.74) is 3.46. The second-order valence-corrected chi connectivity index (χ2v) is 5.58. The molecule has 0 spiro atoms. The van der Waals surface area contributed by atoms with E-state index in [0.29, 0.717) is 17.5 Å². The normalized spacial score (nSPS) is 12.4. The molecule has 1 nitrogen and oxygen atoms in total. The highest BCUT2D eigenvalue weighted by molar-refractivity contribution is 9.09. The molecule has 1 aromatic carbocycles. The molecule has 0 saturated carbocycles. The summed E-state index contributed by atoms with van der Waals surface area (Å²) < 4.78 is 14.0. The average Bonchev–Trinajstić information content (AvgIpc) is 2.35. The van der Waals surface area contributed by atoms with Crippen molar-refractivity contribution in [1.82, 2.24) is 4.98 Å². The maximum absolute atomic E-state index is 14.0. The van der Waals surface area contributed by atoms with Crippen LogP contribution in [0.3, 0.4) is 0 Å². The van der Waals surface area contributed by atoms with E-state index in [4.69, 9.17) is 0 Å². The maximum Gasteiger partial charge on any atom is 0.130 e. The number of nitrogens with zero attached hydrogens (tertiary/aromatic N) is 1. The van der Waals surface area contributed by atoms with Gasteiger partial charge in [-0.25, -0.2) is 4.39 Å². The van der Waals surface area contributed by atoms with Crippen LogP contribution in [-0.4, -0.2) is 4.98 Å². The molecule has 1 unspecified atom stereocenters. The van der Waals surface area contributed by atoms with Crippen molar-refractivity contribution >= 4 is 15.9 Å². The lowest BCUT2D eigenvalue weighted by Crippen LogP contribution is -2.01. The molecule has 0 N–H and O–H groups in total. The minimum Gasteiger partial charge on any atom is -0.261 e. The fourth-order valence-corrected chi connectivity index (χ4v) is 2.51. The summed E-state index contributed by atoms with van der Waals surface area (Å²) in [5.74, 6) is -0.133. The van der Waals surface area contributed by atoms with Crippen molar-refractivity contribution in [3.63, 3.8) is 0 Å². The van der Waals surface area contributed by atoms with Gasteiger partial charge in [0.2, 0.25) is 0 Å². The third-order valence-electron chi connectivity index (χ3n) is 2.92. The van der Waals surface area contributed by atoms with Gasteiger partial charge < -0.3 is 0 Å². The Morgan fingerprint density at radius 3 is 2.67 bits per heavy atom. The quantitative estimate of drug-likeness (QED) is 0.760. The summed E-state index contributed by atoms with van der Waals surface area (Å²) in [6.45, 7) is 3.78. The largest absolute Gasteiger partial charge is 0.261 e. The molecule has 3 heteroatoms. The summed E-state index contributed by atoms with van der Waals surface area (Å²) in [7, 11) is 0. The summed E-state index contributed by atoms with van der Waals surface area (Å²) in [5, 5.41) is 0. The fourth-order valence-electron chi connectivity index (χ4n) is 1.82. The third kappa shape index (κ3) is 2.96. The lowest BCUT2D eigenvalue weighted by molar-refractivity contribution is 0.598. The SMILES string of the molecule is Cc1ccc(CC(Br)c2cccc(C)c2F)nc1. The van der Waals surface area contributed by atoms with Gasteiger partial charge in [-0.15, -0.1) is 0 Å². The predicted octanol–water partition coefficient (Wildman–Crippen LogP) is 4.52. The van der Waals surface area contributed by atoms with E-state index in [1.165, 1.54) is 0 Å². The number of aromatic nitrogens is 1. The highest BCUT2D eigenvalue weighted by Gasteiger charge is 2.14. The van der Waals surface area contributed by atoms with E-state index in [9.17, 15) is 4.39 Å². The van der Waals surface area contributed by atoms with Crippen LogP contribution in [0.2, 0.25) is 0 Å². The van der Waals surface area contributed by atoms with Crippen molar-refractivity contribution in [2.24, 2.45) is 0 Å². The molecule has 1 heterocycles. The van der Waals surface area contributed by atoms with E-state index in [1.54, 1.807) is 13.0 Å². The minimum atomic E-state index is -0.133. The number of hydrogen-bond acceptors (Lipinski definition) is 1. The summed E-state index contributed by atoms with van der Waals surface area (Å²) in [4.78, 5) is 4.29. The Morgan fingerprint density at radius 2 is 2.00 bits per heavy atom. The maximum atomic E-state index is 14.0. The minimum absolute atomic E-state index is 0.0485. The van der Waals surface area contributed by atoms with Gasteiger partial charge in [0.05, 0.1) is 0 Å². The van der Waals surface area contributed by atoms with Crippen molar-refractivity contribution in [3.8, 4) is 0 Å². The Kier molecular flexibility index (Phi) is 4.12. The van der Waals surface area contributed by atoms with Gasteiger partial charge in [-0.2, -0.15) is 0 Å². The molecule has 1 atom stereocenters. The van der Waals surface area contributed by atoms with Gasteiger partial charge in [-0.05, 0) is 31.0 Å². The van der Waals surface area contributed by atoms with Gasteiger partial charge in [0.1, 0.15) is 5.82 Å². The molecule has 0 radical (unpaired) electrons. The van der Waals surface area contributed by atoms with E-state index in [-0.39, 0.29) is 10.6 Å². The summed E-state index contributed by atoms with van der Waals surface area (Å²) >= 11 is 3.55. The van der Waals surface area contributed by atoms with Crippen molar-refractivity contribution in [2.75, 3.05) is 0 Å². The van der Waals surface area contributed by atoms with Crippen LogP contribution in [-0.2, 0) is 6.42 Å². The molecule has 18 heavy (non-hydrogen) atoms. The Bertz CT molecular complexity index is 537. The van der Waals surface area contributed by atoms with Crippen LogP contribution >= 0.6 is 15.9 Å². The predicted molar refractivity (Wildman–Crippen MR) is 75.5 cm³/mol. The van der Waals surface area contributed by atoms with E-state index >= 15 is 0 Å². The van der Waals surface area contributed by atoms with Crippen molar-refractivity contribution < 1.29 is 4.39 Å². The second-order valence-electron chi connectivity index (χ2n) is 4.48. The number of benzene rings is 1. The Balaban J connectivity index is 2.19. The van der Waals surface area contributed by atoms with Gasteiger partial charge in [0.15, 0.2) is 0 Å². The van der Waals surface area contributed by atoms with E-state index in [1.807, 2.05) is 37.4 Å². The molecule has 0 saturated heterocycles. The molecule has 0 fully saturated rings. The smallest absolute Gasteiger partial charge is 0.130 e. The van der Waals surface area contributed by atoms with E-state index in [2.05, 4.69) is 20.9 Å². The summed E-state index contributed by atoms with van der Waals surface area (Å²) in [6, 6.07) is 9.48. The zero-order valence-electron chi connectivity index (χ0n) is 10.5. The zero-order valence-corrected chi connectivity index (χ0v) is 12.0. The first-order chi connectivity index (χ1) is 8.58. The standard InChI is InChI=1S/C15H15BrFN/c1-10-6-7-12(18-9-10)8-14(16)13-5-3-4-11(2)15(13)17/h3-7,9,14H,8H2,1-2H3. The van der Waals surface area contributed by atoms with Crippen LogP contribution in [0, 0.1) is 19.7 Å². The first kappa shape index (κ1) is 13.2. The van der Waals surface area contributed by atoms with Crippen LogP contribution in [0.5, 0.6) is 0 Å². The van der Waals surface area contributed by atoms with Crippen molar-refractivity contribution in [1.29, 1.82) is 0 Å². The first-order valence-corrected chi connectivity index (χ1v) is 6.80. The molecule has 2 aromatic rings. The van der Waals surface area contributed by atoms with Crippen molar-refractivity contribution in [3.05, 3.63) is 64.7 Å². The number of halogens is 2. The number of aryl methyl sites for hydroxylation is 2. The Labute approximate surface area is 115 Å². The van der Waals surface area contributed by atoms with Gasteiger partial charge >= 0.3 is 0 Å². The molecule has 94 valence electrons. The molecule has 0 aliphatic heterocycles. The molecular formula is C15H15BrFN. The molecular weight excluding hydrogens is 293 g/mol. The molecule has 1 aromatic heterocycles. The second kappa shape index (κ2) is 5.61. The molecule has 0 aliphatic carbocycles. The summed E-state index contributed by atoms with van der Waals surface area (Å²) in [6.07, 6.45) is 2.52. The van der Waals surface area contributed by atoms with Gasteiger partial charge in [-0.1, -0.05) is 40.2 Å². The van der Waals surface area contributed by atoms with Crippen LogP contribution < -0.4 is 0 Å². The monoisotopic (exact) mass is 307 g/mol. The number of pyridine rings is 1. The number of rotatable bonds is 3. The third-order valence-corrected chi connectivity index (χ3v) is 3.74. The average molecular weight is 308 g/mol. The van der Waals surface area contributed by atoms with Gasteiger partial charge in [-0.3, -0.25) is 4.98 Å². The highest BCUT2D eigenvalue weighted by Crippen LogP contribution is 2.29. The van der Waals surface area contributed by atoms with Gasteiger partial charge in [0.25, 0.3) is 0 Å². The lowest BCUT2D eigenvalue weighted by atomic mass is 10.0. The molecule has 2 rings (SSSR count). The topological polar surface area (TPSA) is 12.9 Å². The van der Waals surface area contributed by atoms with Crippen LogP contribution in [0.25, 0.3) is 0 Å². The first-order valence-electron chi connectivity index (χ1n) is 5.88. The fraction of sp³-hybridized carbons (Fsp3) is 0.267. The van der Waals surface area contributed by atoms with Crippen LogP contribution in [0.4, 0.5) is 4.39 Å². The van der Waals surface area contributed by atoms with Crippen molar-refractivity contribution in [2.45, 2.75) is 25.1 Å². The Morgan fingerprint density at radius 1 is 1.22 bits per heavy atom. The van der Waals surface area contributed by atoms with Crippen LogP contribution in [0.1, 0.15) is 27.2 Å². The van der Waals surface area contributed by atoms with Crippen LogP contribution in [0.15, 0.2) is 36.5 Å². The Hall–Kier alpha value is -1.22. The molecule has 0 amide bonds. The zero-order chi connectivity index (χ0) is 13.1. The highest BCUT2D eigenvalue weighted by atomic mass is 79.9. The number of hydrogen-bond donors (Lipinski definition) is 0. The molecule has 0 bridgehead atoms. The lowest BCUT2D eigenvalue weighted by Gasteiger charge is -2.12. The van der Waals surface area contributed by atoms with E-state index < -0.39 is 0 Å². The number of alkyl halides is 1. The van der Waals surface area contributed by atoms with E-state index in [0.717, 1.165) is 11.3 Å². The van der Waals surface area contributed by atoms with Gasteiger partial charge in [0, 0.05) is 28.7 Å².